The second-order valence-electron chi connectivity index (χ2n) is 4.89. The van der Waals surface area contributed by atoms with Gasteiger partial charge in [0.25, 0.3) is 5.56 Å². The highest BCUT2D eigenvalue weighted by atomic mass is 16.5. The van der Waals surface area contributed by atoms with Gasteiger partial charge in [0.15, 0.2) is 0 Å². The predicted molar refractivity (Wildman–Crippen MR) is 88.2 cm³/mol. The number of hydrogen-bond donors (Lipinski definition) is 1. The molecule has 1 aromatic carbocycles. The summed E-state index contributed by atoms with van der Waals surface area (Å²) in [6.45, 7) is 8.39. The zero-order valence-electron chi connectivity index (χ0n) is 13.4. The molecule has 0 amide bonds. The molecule has 0 spiro atoms. The van der Waals surface area contributed by atoms with Crippen LogP contribution < -0.4 is 15.6 Å². The number of para-hydroxylation sites is 1. The first-order valence-corrected chi connectivity index (χ1v) is 7.75. The van der Waals surface area contributed by atoms with Gasteiger partial charge >= 0.3 is 0 Å². The molecule has 0 atom stereocenters. The van der Waals surface area contributed by atoms with Crippen LogP contribution in [0.1, 0.15) is 26.3 Å². The Morgan fingerprint density at radius 3 is 2.68 bits per heavy atom. The molecule has 0 fully saturated rings. The number of rotatable bonds is 7. The molecule has 1 heterocycles. The topological polar surface area (TPSA) is 56.1 Å². The van der Waals surface area contributed by atoms with Crippen molar-refractivity contribution in [3.05, 3.63) is 46.2 Å². The fraction of sp³-hybridized carbons (Fsp3) is 0.412. The van der Waals surface area contributed by atoms with Crippen LogP contribution in [0.15, 0.2) is 35.1 Å². The lowest BCUT2D eigenvalue weighted by Gasteiger charge is -2.13. The second kappa shape index (κ2) is 7.75. The molecule has 0 saturated carbocycles. The molecule has 0 aliphatic rings. The summed E-state index contributed by atoms with van der Waals surface area (Å²) in [4.78, 5) is 12.3. The predicted octanol–water partition coefficient (Wildman–Crippen LogP) is 2.44. The molecular weight excluding hydrogens is 278 g/mol. The summed E-state index contributed by atoms with van der Waals surface area (Å²) >= 11 is 0. The molecule has 0 radical (unpaired) electrons. The first kappa shape index (κ1) is 16.2. The van der Waals surface area contributed by atoms with Crippen molar-refractivity contribution >= 4 is 0 Å². The number of benzene rings is 1. The normalized spacial score (nSPS) is 10.7. The minimum Gasteiger partial charge on any atom is -0.493 e. The summed E-state index contributed by atoms with van der Waals surface area (Å²) in [7, 11) is 0. The number of nitrogens with zero attached hydrogens (tertiary/aromatic N) is 2. The monoisotopic (exact) mass is 301 g/mol. The molecule has 1 aromatic heterocycles. The van der Waals surface area contributed by atoms with Gasteiger partial charge in [0.05, 0.1) is 12.3 Å². The maximum absolute atomic E-state index is 12.3. The summed E-state index contributed by atoms with van der Waals surface area (Å²) in [5, 5.41) is 7.67. The first-order chi connectivity index (χ1) is 10.7. The van der Waals surface area contributed by atoms with Crippen LogP contribution >= 0.6 is 0 Å². The van der Waals surface area contributed by atoms with E-state index in [0.29, 0.717) is 19.7 Å². The average Bonchev–Trinajstić information content (AvgIpc) is 2.55. The van der Waals surface area contributed by atoms with Gasteiger partial charge in [-0.2, -0.15) is 5.10 Å². The minimum atomic E-state index is -0.0407. The van der Waals surface area contributed by atoms with Crippen molar-refractivity contribution < 1.29 is 4.74 Å². The zero-order valence-corrected chi connectivity index (χ0v) is 13.4. The number of nitrogens with one attached hydrogen (secondary N) is 1. The second-order valence-corrected chi connectivity index (χ2v) is 4.89. The zero-order chi connectivity index (χ0) is 15.9. The molecule has 22 heavy (non-hydrogen) atoms. The van der Waals surface area contributed by atoms with Crippen molar-refractivity contribution in [3.8, 4) is 17.0 Å². The molecule has 0 saturated heterocycles. The number of aromatic nitrogens is 2. The van der Waals surface area contributed by atoms with Crippen molar-refractivity contribution in [2.75, 3.05) is 13.2 Å². The Kier molecular flexibility index (Phi) is 5.72. The maximum Gasteiger partial charge on any atom is 0.271 e. The Labute approximate surface area is 130 Å². The van der Waals surface area contributed by atoms with E-state index < -0.39 is 0 Å². The minimum absolute atomic E-state index is 0.0407. The third-order valence-corrected chi connectivity index (χ3v) is 3.38. The van der Waals surface area contributed by atoms with Crippen molar-refractivity contribution in [1.29, 1.82) is 0 Å². The highest BCUT2D eigenvalue weighted by molar-refractivity contribution is 5.67. The van der Waals surface area contributed by atoms with Gasteiger partial charge in [-0.25, -0.2) is 4.68 Å². The van der Waals surface area contributed by atoms with E-state index in [1.165, 1.54) is 4.68 Å². The number of hydrogen-bond acceptors (Lipinski definition) is 4. The summed E-state index contributed by atoms with van der Waals surface area (Å²) in [6, 6.07) is 9.63. The summed E-state index contributed by atoms with van der Waals surface area (Å²) in [5.41, 5.74) is 2.35. The van der Waals surface area contributed by atoms with Crippen LogP contribution in [0.5, 0.6) is 5.75 Å². The lowest BCUT2D eigenvalue weighted by atomic mass is 10.1. The molecule has 0 unspecified atom stereocenters. The summed E-state index contributed by atoms with van der Waals surface area (Å²) < 4.78 is 7.18. The fourth-order valence-electron chi connectivity index (χ4n) is 2.29. The van der Waals surface area contributed by atoms with E-state index in [1.807, 2.05) is 51.1 Å². The Morgan fingerprint density at radius 2 is 2.00 bits per heavy atom. The van der Waals surface area contributed by atoms with E-state index in [-0.39, 0.29) is 5.56 Å². The molecule has 5 nitrogen and oxygen atoms in total. The van der Waals surface area contributed by atoms with E-state index in [4.69, 9.17) is 4.74 Å². The average molecular weight is 301 g/mol. The van der Waals surface area contributed by atoms with Gasteiger partial charge in [0.2, 0.25) is 0 Å². The Balaban J connectivity index is 2.53. The standard InChI is InChI=1S/C17H23N3O2/c1-4-18-12-13-11-15(19-20(5-2)17(13)21)14-9-7-8-10-16(14)22-6-3/h7-11,18H,4-6,12H2,1-3H3. The van der Waals surface area contributed by atoms with Crippen LogP contribution in [0.2, 0.25) is 0 Å². The van der Waals surface area contributed by atoms with E-state index in [9.17, 15) is 4.79 Å². The number of ether oxygens (including phenoxy) is 1. The SMILES string of the molecule is CCNCc1cc(-c2ccccc2OCC)nn(CC)c1=O. The molecule has 5 heteroatoms. The molecule has 1 N–H and O–H groups in total. The van der Waals surface area contributed by atoms with Gasteiger partial charge < -0.3 is 10.1 Å². The molecule has 2 rings (SSSR count). The highest BCUT2D eigenvalue weighted by Crippen LogP contribution is 2.28. The largest absolute Gasteiger partial charge is 0.493 e. The van der Waals surface area contributed by atoms with Crippen LogP contribution in [0.4, 0.5) is 0 Å². The van der Waals surface area contributed by atoms with Gasteiger partial charge in [-0.1, -0.05) is 19.1 Å². The fourth-order valence-corrected chi connectivity index (χ4v) is 2.29. The van der Waals surface area contributed by atoms with Gasteiger partial charge in [0, 0.05) is 24.2 Å². The molecule has 118 valence electrons. The highest BCUT2D eigenvalue weighted by Gasteiger charge is 2.12. The number of aryl methyl sites for hydroxylation is 1. The third kappa shape index (κ3) is 3.54. The molecular formula is C17H23N3O2. The van der Waals surface area contributed by atoms with Crippen molar-refractivity contribution in [3.63, 3.8) is 0 Å². The Hall–Kier alpha value is -2.14. The van der Waals surface area contributed by atoms with Gasteiger partial charge in [-0.15, -0.1) is 0 Å². The Morgan fingerprint density at radius 1 is 1.23 bits per heavy atom. The van der Waals surface area contributed by atoms with Crippen molar-refractivity contribution in [2.24, 2.45) is 0 Å². The van der Waals surface area contributed by atoms with E-state index >= 15 is 0 Å². The molecule has 0 bridgehead atoms. The third-order valence-electron chi connectivity index (χ3n) is 3.38. The van der Waals surface area contributed by atoms with Gasteiger partial charge in [-0.3, -0.25) is 4.79 Å². The molecule has 0 aliphatic heterocycles. The van der Waals surface area contributed by atoms with Crippen LogP contribution in [-0.4, -0.2) is 22.9 Å². The van der Waals surface area contributed by atoms with E-state index in [2.05, 4.69) is 10.4 Å². The summed E-state index contributed by atoms with van der Waals surface area (Å²) in [5.74, 6) is 0.785. The van der Waals surface area contributed by atoms with E-state index in [1.54, 1.807) is 0 Å². The smallest absolute Gasteiger partial charge is 0.271 e. The Bertz CT molecular complexity index is 680. The van der Waals surface area contributed by atoms with Gasteiger partial charge in [-0.05, 0) is 38.6 Å². The lowest BCUT2D eigenvalue weighted by Crippen LogP contribution is -2.29. The molecule has 2 aromatic rings. The molecule has 0 aliphatic carbocycles. The van der Waals surface area contributed by atoms with Gasteiger partial charge in [0.1, 0.15) is 5.75 Å². The van der Waals surface area contributed by atoms with Crippen molar-refractivity contribution in [2.45, 2.75) is 33.9 Å². The van der Waals surface area contributed by atoms with Crippen LogP contribution in [0.3, 0.4) is 0 Å². The van der Waals surface area contributed by atoms with Crippen LogP contribution in [0, 0.1) is 0 Å². The summed E-state index contributed by atoms with van der Waals surface area (Å²) in [6.07, 6.45) is 0. The van der Waals surface area contributed by atoms with Crippen molar-refractivity contribution in [1.82, 2.24) is 15.1 Å². The lowest BCUT2D eigenvalue weighted by molar-refractivity contribution is 0.341. The van der Waals surface area contributed by atoms with Crippen LogP contribution in [-0.2, 0) is 13.1 Å². The first-order valence-electron chi connectivity index (χ1n) is 7.75. The maximum atomic E-state index is 12.3. The van der Waals surface area contributed by atoms with E-state index in [0.717, 1.165) is 29.1 Å². The quantitative estimate of drug-likeness (QED) is 0.853. The van der Waals surface area contributed by atoms with Crippen LogP contribution in [0.25, 0.3) is 11.3 Å².